The van der Waals surface area contributed by atoms with Gasteiger partial charge in [-0.1, -0.05) is 0 Å². The largest absolute Gasteiger partial charge is 0.492 e. The first kappa shape index (κ1) is 16.2. The number of fused-ring (bicyclic) bond motifs is 1. The fourth-order valence-electron chi connectivity index (χ4n) is 2.09. The quantitative estimate of drug-likeness (QED) is 0.805. The summed E-state index contributed by atoms with van der Waals surface area (Å²) in [5.74, 6) is 1.10. The molecular formula is C17H22O5. The summed E-state index contributed by atoms with van der Waals surface area (Å²) in [7, 11) is 1.50. The van der Waals surface area contributed by atoms with Gasteiger partial charge in [-0.05, 0) is 46.8 Å². The Morgan fingerprint density at radius 1 is 1.14 bits per heavy atom. The summed E-state index contributed by atoms with van der Waals surface area (Å²) in [6.45, 7) is 9.53. The first-order valence-corrected chi connectivity index (χ1v) is 7.22. The minimum Gasteiger partial charge on any atom is -0.492 e. The zero-order chi connectivity index (χ0) is 16.5. The highest BCUT2D eigenvalue weighted by molar-refractivity contribution is 5.86. The van der Waals surface area contributed by atoms with Crippen LogP contribution in [0.5, 0.6) is 17.2 Å². The zero-order valence-corrected chi connectivity index (χ0v) is 13.9. The lowest BCUT2D eigenvalue weighted by molar-refractivity contribution is 0.131. The first-order chi connectivity index (χ1) is 10.2. The van der Waals surface area contributed by atoms with E-state index in [4.69, 9.17) is 18.6 Å². The third-order valence-electron chi connectivity index (χ3n) is 2.77. The molecule has 0 radical (unpaired) electrons. The van der Waals surface area contributed by atoms with Gasteiger partial charge < -0.3 is 18.6 Å². The van der Waals surface area contributed by atoms with E-state index in [9.17, 15) is 4.79 Å². The molecule has 2 rings (SSSR count). The predicted octanol–water partition coefficient (Wildman–Crippen LogP) is 3.77. The van der Waals surface area contributed by atoms with Gasteiger partial charge >= 0.3 is 5.63 Å². The minimum absolute atomic E-state index is 0.0921. The highest BCUT2D eigenvalue weighted by Gasteiger charge is 2.19. The van der Waals surface area contributed by atoms with Crippen LogP contribution in [0.2, 0.25) is 0 Å². The van der Waals surface area contributed by atoms with Gasteiger partial charge in [0.05, 0.1) is 18.6 Å². The van der Waals surface area contributed by atoms with E-state index in [1.165, 1.54) is 7.11 Å². The maximum absolute atomic E-state index is 12.1. The van der Waals surface area contributed by atoms with Crippen LogP contribution >= 0.6 is 0 Å². The Morgan fingerprint density at radius 2 is 1.82 bits per heavy atom. The fourth-order valence-corrected chi connectivity index (χ4v) is 2.09. The normalized spacial score (nSPS) is 11.8. The number of hydrogen-bond acceptors (Lipinski definition) is 5. The highest BCUT2D eigenvalue weighted by atomic mass is 16.5. The molecule has 1 aromatic carbocycles. The van der Waals surface area contributed by atoms with Crippen molar-refractivity contribution in [3.63, 3.8) is 0 Å². The molecule has 0 amide bonds. The van der Waals surface area contributed by atoms with Crippen molar-refractivity contribution in [2.75, 3.05) is 7.11 Å². The van der Waals surface area contributed by atoms with Crippen LogP contribution in [0.15, 0.2) is 27.4 Å². The van der Waals surface area contributed by atoms with Gasteiger partial charge in [-0.15, -0.1) is 0 Å². The van der Waals surface area contributed by atoms with Crippen LogP contribution in [0.3, 0.4) is 0 Å². The van der Waals surface area contributed by atoms with Crippen LogP contribution < -0.4 is 19.8 Å². The molecule has 5 nitrogen and oxygen atoms in total. The van der Waals surface area contributed by atoms with Crippen LogP contribution in [-0.2, 0) is 0 Å². The van der Waals surface area contributed by atoms with Crippen molar-refractivity contribution in [2.24, 2.45) is 0 Å². The van der Waals surface area contributed by atoms with Gasteiger partial charge in [0.2, 0.25) is 5.75 Å². The number of methoxy groups -OCH3 is 1. The summed E-state index contributed by atoms with van der Waals surface area (Å²) in [6.07, 6.45) is -0.155. The van der Waals surface area contributed by atoms with Gasteiger partial charge in [0.25, 0.3) is 0 Å². The topological polar surface area (TPSA) is 57.9 Å². The van der Waals surface area contributed by atoms with Crippen molar-refractivity contribution < 1.29 is 18.6 Å². The Hall–Kier alpha value is -2.17. The van der Waals surface area contributed by atoms with Crippen molar-refractivity contribution in [2.45, 2.75) is 46.3 Å². The first-order valence-electron chi connectivity index (χ1n) is 7.22. The van der Waals surface area contributed by atoms with E-state index >= 15 is 0 Å². The molecule has 0 aliphatic rings. The third-order valence-corrected chi connectivity index (χ3v) is 2.77. The molecule has 0 saturated heterocycles. The van der Waals surface area contributed by atoms with Crippen LogP contribution in [0.25, 0.3) is 11.0 Å². The van der Waals surface area contributed by atoms with E-state index in [-0.39, 0.29) is 17.5 Å². The van der Waals surface area contributed by atoms with Gasteiger partial charge in [-0.2, -0.15) is 0 Å². The Balaban J connectivity index is 2.59. The Labute approximate surface area is 129 Å². The van der Waals surface area contributed by atoms with Gasteiger partial charge in [-0.3, -0.25) is 0 Å². The van der Waals surface area contributed by atoms with Crippen LogP contribution in [-0.4, -0.2) is 18.8 Å². The molecule has 0 spiro atoms. The van der Waals surface area contributed by atoms with Crippen LogP contribution in [0.4, 0.5) is 0 Å². The molecule has 120 valence electrons. The van der Waals surface area contributed by atoms with Crippen molar-refractivity contribution in [3.05, 3.63) is 28.6 Å². The zero-order valence-electron chi connectivity index (χ0n) is 13.9. The molecule has 2 aromatic rings. The molecule has 0 saturated carbocycles. The summed E-state index contributed by atoms with van der Waals surface area (Å²) < 4.78 is 22.0. The Morgan fingerprint density at radius 3 is 2.36 bits per heavy atom. The molecule has 0 aliphatic carbocycles. The monoisotopic (exact) mass is 306 g/mol. The van der Waals surface area contributed by atoms with Crippen molar-refractivity contribution in [1.29, 1.82) is 0 Å². The third kappa shape index (κ3) is 3.53. The molecular weight excluding hydrogens is 284 g/mol. The number of benzene rings is 1. The lowest BCUT2D eigenvalue weighted by Gasteiger charge is -2.21. The van der Waals surface area contributed by atoms with Crippen molar-refractivity contribution >= 4 is 11.0 Å². The average Bonchev–Trinajstić information content (AvgIpc) is 2.37. The summed E-state index contributed by atoms with van der Waals surface area (Å²) in [5, 5.41) is 0.666. The molecule has 1 aromatic heterocycles. The number of rotatable bonds is 4. The molecule has 0 aliphatic heterocycles. The number of ether oxygens (including phenoxy) is 3. The summed E-state index contributed by atoms with van der Waals surface area (Å²) in [4.78, 5) is 12.1. The van der Waals surface area contributed by atoms with Gasteiger partial charge in [-0.25, -0.2) is 4.79 Å². The number of hydrogen-bond donors (Lipinski definition) is 0. The summed E-state index contributed by atoms with van der Waals surface area (Å²) in [6, 6.07) is 5.30. The summed E-state index contributed by atoms with van der Waals surface area (Å²) in [5.41, 5.74) is -0.496. The molecule has 0 atom stereocenters. The molecule has 5 heteroatoms. The molecule has 0 bridgehead atoms. The average molecular weight is 306 g/mol. The Bertz CT molecular complexity index is 722. The molecule has 22 heavy (non-hydrogen) atoms. The SMILES string of the molecule is COc1c(OC(C)C)c(=O)oc2cc(OC(C)(C)C)ccc12. The van der Waals surface area contributed by atoms with Gasteiger partial charge in [0, 0.05) is 6.07 Å². The maximum Gasteiger partial charge on any atom is 0.383 e. The van der Waals surface area contributed by atoms with E-state index in [0.717, 1.165) is 0 Å². The Kier molecular flexibility index (Phi) is 4.35. The van der Waals surface area contributed by atoms with E-state index in [2.05, 4.69) is 0 Å². The predicted molar refractivity (Wildman–Crippen MR) is 85.2 cm³/mol. The smallest absolute Gasteiger partial charge is 0.383 e. The van der Waals surface area contributed by atoms with Crippen molar-refractivity contribution in [1.82, 2.24) is 0 Å². The lowest BCUT2D eigenvalue weighted by Crippen LogP contribution is -2.22. The maximum atomic E-state index is 12.1. The minimum atomic E-state index is -0.564. The van der Waals surface area contributed by atoms with Crippen molar-refractivity contribution in [3.8, 4) is 17.2 Å². The second-order valence-corrected chi connectivity index (χ2v) is 6.29. The van der Waals surface area contributed by atoms with E-state index in [0.29, 0.717) is 22.5 Å². The molecule has 0 N–H and O–H groups in total. The highest BCUT2D eigenvalue weighted by Crippen LogP contribution is 2.35. The van der Waals surface area contributed by atoms with Gasteiger partial charge in [0.15, 0.2) is 5.75 Å². The fraction of sp³-hybridized carbons (Fsp3) is 0.471. The second-order valence-electron chi connectivity index (χ2n) is 6.29. The van der Waals surface area contributed by atoms with E-state index in [1.54, 1.807) is 12.1 Å². The molecule has 0 unspecified atom stereocenters. The van der Waals surface area contributed by atoms with E-state index in [1.807, 2.05) is 40.7 Å². The molecule has 1 heterocycles. The van der Waals surface area contributed by atoms with Crippen LogP contribution in [0.1, 0.15) is 34.6 Å². The lowest BCUT2D eigenvalue weighted by atomic mass is 10.1. The second kappa shape index (κ2) is 5.91. The molecule has 0 fully saturated rings. The van der Waals surface area contributed by atoms with Gasteiger partial charge in [0.1, 0.15) is 16.9 Å². The van der Waals surface area contributed by atoms with E-state index < -0.39 is 5.63 Å². The van der Waals surface area contributed by atoms with Crippen LogP contribution in [0, 0.1) is 0 Å². The standard InChI is InChI=1S/C17H22O5/c1-10(2)20-15-14(19-6)12-8-7-11(22-17(3,4)5)9-13(12)21-16(15)18/h7-10H,1-6H3. The summed E-state index contributed by atoms with van der Waals surface area (Å²) >= 11 is 0.